The average Bonchev–Trinajstić information content (AvgIpc) is 2.13. The molecule has 0 saturated carbocycles. The normalized spacial score (nSPS) is 24.0. The summed E-state index contributed by atoms with van der Waals surface area (Å²) in [6.45, 7) is 3.45. The maximum absolute atomic E-state index is 11.4. The Morgan fingerprint density at radius 1 is 1.42 bits per heavy atom. The molecule has 70 valence electrons. The number of hydrogen-bond donors (Lipinski definition) is 0. The summed E-state index contributed by atoms with van der Waals surface area (Å²) in [5.74, 6) is -0.372. The van der Waals surface area contributed by atoms with Crippen LogP contribution < -0.4 is 0 Å². The van der Waals surface area contributed by atoms with E-state index >= 15 is 0 Å². The van der Waals surface area contributed by atoms with Crippen molar-refractivity contribution in [3.05, 3.63) is 0 Å². The Morgan fingerprint density at radius 3 is 2.08 bits per heavy atom. The number of hydrogen-bond acceptors (Lipinski definition) is 3. The lowest BCUT2D eigenvalue weighted by Gasteiger charge is -2.18. The molecule has 0 spiro atoms. The van der Waals surface area contributed by atoms with Crippen LogP contribution in [0, 0.1) is 0 Å². The van der Waals surface area contributed by atoms with Gasteiger partial charge < -0.3 is 0 Å². The van der Waals surface area contributed by atoms with Gasteiger partial charge in [-0.15, -0.1) is 0 Å². The second kappa shape index (κ2) is 2.70. The van der Waals surface area contributed by atoms with Crippen molar-refractivity contribution in [3.8, 4) is 0 Å². The minimum atomic E-state index is -3.50. The highest BCUT2D eigenvalue weighted by Gasteiger charge is 2.40. The highest BCUT2D eigenvalue weighted by atomic mass is 32.2. The smallest absolute Gasteiger partial charge is 0.272 e. The van der Waals surface area contributed by atoms with Crippen LogP contribution in [0.2, 0.25) is 0 Å². The van der Waals surface area contributed by atoms with Gasteiger partial charge in [-0.25, -0.2) is 4.31 Å². The third kappa shape index (κ3) is 1.21. The lowest BCUT2D eigenvalue weighted by molar-refractivity contribution is -0.124. The average molecular weight is 192 g/mol. The SMILES string of the molecule is CC(C)N1CC(=O)N(C)S1(=O)=O. The van der Waals surface area contributed by atoms with Crippen LogP contribution >= 0.6 is 0 Å². The van der Waals surface area contributed by atoms with Gasteiger partial charge in [-0.1, -0.05) is 0 Å². The molecule has 1 fully saturated rings. The largest absolute Gasteiger partial charge is 0.306 e. The number of carbonyl (C=O) groups is 1. The number of rotatable bonds is 1. The molecule has 0 aromatic carbocycles. The van der Waals surface area contributed by atoms with Gasteiger partial charge in [0, 0.05) is 13.1 Å². The zero-order valence-electron chi connectivity index (χ0n) is 7.31. The van der Waals surface area contributed by atoms with Gasteiger partial charge in [0.05, 0.1) is 6.54 Å². The number of amides is 1. The van der Waals surface area contributed by atoms with Crippen LogP contribution in [0.4, 0.5) is 0 Å². The van der Waals surface area contributed by atoms with Gasteiger partial charge in [-0.3, -0.25) is 4.79 Å². The summed E-state index contributed by atoms with van der Waals surface area (Å²) in [4.78, 5) is 11.0. The van der Waals surface area contributed by atoms with Crippen LogP contribution in [-0.4, -0.2) is 42.6 Å². The van der Waals surface area contributed by atoms with Crippen molar-refractivity contribution in [2.75, 3.05) is 13.6 Å². The Balaban J connectivity index is 3.04. The summed E-state index contributed by atoms with van der Waals surface area (Å²) in [5, 5.41) is 0. The molecule has 0 aromatic rings. The molecular weight excluding hydrogens is 180 g/mol. The van der Waals surface area contributed by atoms with Crippen molar-refractivity contribution in [2.24, 2.45) is 0 Å². The Hall–Kier alpha value is -0.620. The van der Waals surface area contributed by atoms with Gasteiger partial charge >= 0.3 is 10.2 Å². The van der Waals surface area contributed by atoms with Crippen LogP contribution in [0.25, 0.3) is 0 Å². The molecule has 1 saturated heterocycles. The second-order valence-electron chi connectivity index (χ2n) is 3.01. The maximum atomic E-state index is 11.4. The first-order valence-corrected chi connectivity index (χ1v) is 5.05. The maximum Gasteiger partial charge on any atom is 0.306 e. The van der Waals surface area contributed by atoms with Gasteiger partial charge in [0.25, 0.3) is 5.91 Å². The third-order valence-electron chi connectivity index (χ3n) is 1.86. The molecule has 0 unspecified atom stereocenters. The van der Waals surface area contributed by atoms with E-state index < -0.39 is 10.2 Å². The van der Waals surface area contributed by atoms with Crippen molar-refractivity contribution >= 4 is 16.1 Å². The van der Waals surface area contributed by atoms with Crippen molar-refractivity contribution < 1.29 is 13.2 Å². The summed E-state index contributed by atoms with van der Waals surface area (Å²) < 4.78 is 24.7. The van der Waals surface area contributed by atoms with Gasteiger partial charge in [0.1, 0.15) is 0 Å². The fourth-order valence-electron chi connectivity index (χ4n) is 1.05. The summed E-state index contributed by atoms with van der Waals surface area (Å²) in [5.41, 5.74) is 0. The minimum Gasteiger partial charge on any atom is -0.272 e. The second-order valence-corrected chi connectivity index (χ2v) is 4.92. The molecule has 1 amide bonds. The van der Waals surface area contributed by atoms with Crippen LogP contribution in [0.15, 0.2) is 0 Å². The first kappa shape index (κ1) is 9.47. The van der Waals surface area contributed by atoms with Crippen LogP contribution in [-0.2, 0) is 15.0 Å². The molecule has 1 aliphatic rings. The minimum absolute atomic E-state index is 0.0312. The number of nitrogens with zero attached hydrogens (tertiary/aromatic N) is 2. The van der Waals surface area contributed by atoms with Gasteiger partial charge in [0.15, 0.2) is 0 Å². The zero-order chi connectivity index (χ0) is 9.52. The topological polar surface area (TPSA) is 57.7 Å². The summed E-state index contributed by atoms with van der Waals surface area (Å²) in [7, 11) is -2.22. The van der Waals surface area contributed by atoms with E-state index in [0.717, 1.165) is 4.31 Å². The summed E-state index contributed by atoms with van der Waals surface area (Å²) >= 11 is 0. The lowest BCUT2D eigenvalue weighted by atomic mass is 10.4. The van der Waals surface area contributed by atoms with Crippen LogP contribution in [0.3, 0.4) is 0 Å². The zero-order valence-corrected chi connectivity index (χ0v) is 8.13. The van der Waals surface area contributed by atoms with Crippen molar-refractivity contribution in [1.29, 1.82) is 0 Å². The molecule has 0 aromatic heterocycles. The van der Waals surface area contributed by atoms with Crippen LogP contribution in [0.5, 0.6) is 0 Å². The molecule has 0 atom stereocenters. The Morgan fingerprint density at radius 2 is 1.92 bits per heavy atom. The standard InChI is InChI=1S/C6H12N2O3S/c1-5(2)8-4-6(9)7(3)12(8,10)11/h5H,4H2,1-3H3. The first-order chi connectivity index (χ1) is 5.37. The predicted octanol–water partition coefficient (Wildman–Crippen LogP) is -0.586. The molecular formula is C6H12N2O3S. The van der Waals surface area contributed by atoms with Crippen molar-refractivity contribution in [1.82, 2.24) is 8.61 Å². The predicted molar refractivity (Wildman–Crippen MR) is 43.5 cm³/mol. The first-order valence-electron chi connectivity index (χ1n) is 3.66. The van der Waals surface area contributed by atoms with E-state index in [2.05, 4.69) is 0 Å². The fraction of sp³-hybridized carbons (Fsp3) is 0.833. The summed E-state index contributed by atoms with van der Waals surface area (Å²) in [6, 6.07) is -0.163. The van der Waals surface area contributed by atoms with Gasteiger partial charge in [-0.2, -0.15) is 12.7 Å². The highest BCUT2D eigenvalue weighted by Crippen LogP contribution is 2.17. The number of carbonyl (C=O) groups excluding carboxylic acids is 1. The van der Waals surface area contributed by atoms with E-state index in [0.29, 0.717) is 0 Å². The summed E-state index contributed by atoms with van der Waals surface area (Å²) in [6.07, 6.45) is 0. The van der Waals surface area contributed by atoms with E-state index in [1.807, 2.05) is 0 Å². The quantitative estimate of drug-likeness (QED) is 0.558. The monoisotopic (exact) mass is 192 g/mol. The highest BCUT2D eigenvalue weighted by molar-refractivity contribution is 7.87. The Kier molecular flexibility index (Phi) is 2.13. The Bertz CT molecular complexity index is 296. The van der Waals surface area contributed by atoms with Gasteiger partial charge in [-0.05, 0) is 13.8 Å². The molecule has 0 N–H and O–H groups in total. The van der Waals surface area contributed by atoms with Gasteiger partial charge in [0.2, 0.25) is 0 Å². The van der Waals surface area contributed by atoms with Crippen molar-refractivity contribution in [3.63, 3.8) is 0 Å². The Labute approximate surface area is 72.1 Å². The molecule has 1 rings (SSSR count). The van der Waals surface area contributed by atoms with E-state index in [4.69, 9.17) is 0 Å². The number of likely N-dealkylation sites (N-methyl/N-ethyl adjacent to an activating group) is 1. The van der Waals surface area contributed by atoms with E-state index in [1.54, 1.807) is 13.8 Å². The lowest BCUT2D eigenvalue weighted by Crippen LogP contribution is -2.35. The van der Waals surface area contributed by atoms with E-state index in [-0.39, 0.29) is 18.5 Å². The van der Waals surface area contributed by atoms with Crippen molar-refractivity contribution in [2.45, 2.75) is 19.9 Å². The molecule has 0 bridgehead atoms. The van der Waals surface area contributed by atoms with Crippen LogP contribution in [0.1, 0.15) is 13.8 Å². The van der Waals surface area contributed by atoms with E-state index in [1.165, 1.54) is 11.4 Å². The molecule has 5 nitrogen and oxygen atoms in total. The molecule has 1 heterocycles. The van der Waals surface area contributed by atoms with E-state index in [9.17, 15) is 13.2 Å². The fourth-order valence-corrected chi connectivity index (χ4v) is 2.49. The molecule has 1 aliphatic heterocycles. The molecule has 6 heteroatoms. The molecule has 12 heavy (non-hydrogen) atoms. The molecule has 0 radical (unpaired) electrons. The third-order valence-corrected chi connectivity index (χ3v) is 3.90. The molecule has 0 aliphatic carbocycles.